The molecule has 0 spiro atoms. The van der Waals surface area contributed by atoms with E-state index in [9.17, 15) is 13.2 Å². The van der Waals surface area contributed by atoms with Gasteiger partial charge in [0.2, 0.25) is 0 Å². The van der Waals surface area contributed by atoms with Crippen molar-refractivity contribution in [2.45, 2.75) is 25.1 Å². The molecule has 1 atom stereocenters. The van der Waals surface area contributed by atoms with E-state index in [0.29, 0.717) is 18.7 Å². The van der Waals surface area contributed by atoms with E-state index in [-0.39, 0.29) is 6.42 Å². The van der Waals surface area contributed by atoms with E-state index in [4.69, 9.17) is 0 Å². The number of benzene rings is 1. The lowest BCUT2D eigenvalue weighted by molar-refractivity contribution is -0.145. The lowest BCUT2D eigenvalue weighted by Crippen LogP contribution is -2.41. The highest BCUT2D eigenvalue weighted by molar-refractivity contribution is 5.48. The molecule has 1 aliphatic rings. The average Bonchev–Trinajstić information content (AvgIpc) is 2.67. The quantitative estimate of drug-likeness (QED) is 0.695. The normalized spacial score (nSPS) is 22.1. The molecular formula is C11H12F3N. The molecule has 1 aromatic rings. The number of nitrogens with zero attached hydrogens (tertiary/aromatic N) is 1. The number of halogens is 3. The Kier molecular flexibility index (Phi) is 2.59. The van der Waals surface area contributed by atoms with Gasteiger partial charge in [0.15, 0.2) is 0 Å². The highest BCUT2D eigenvalue weighted by atomic mass is 19.4. The molecule has 4 heteroatoms. The van der Waals surface area contributed by atoms with Gasteiger partial charge in [0.05, 0.1) is 0 Å². The zero-order valence-corrected chi connectivity index (χ0v) is 8.17. The standard InChI is InChI=1S/C11H12F3N/c12-11(13,14)10-7-4-8-15(10)9-5-2-1-3-6-9/h1-3,5-6,10H,4,7-8H2/t10-/m1/s1. The molecule has 1 fully saturated rings. The number of para-hydroxylation sites is 1. The Bertz CT molecular complexity index is 320. The first-order chi connectivity index (χ1) is 7.09. The molecule has 0 N–H and O–H groups in total. The van der Waals surface area contributed by atoms with E-state index in [1.807, 2.05) is 6.07 Å². The largest absolute Gasteiger partial charge is 0.408 e. The highest BCUT2D eigenvalue weighted by Gasteiger charge is 2.45. The van der Waals surface area contributed by atoms with Gasteiger partial charge in [0, 0.05) is 12.2 Å². The predicted octanol–water partition coefficient (Wildman–Crippen LogP) is 3.22. The van der Waals surface area contributed by atoms with E-state index >= 15 is 0 Å². The summed E-state index contributed by atoms with van der Waals surface area (Å²) in [5.74, 6) is 0. The average molecular weight is 215 g/mol. The zero-order valence-electron chi connectivity index (χ0n) is 8.17. The van der Waals surface area contributed by atoms with Gasteiger partial charge in [0.1, 0.15) is 6.04 Å². The second-order valence-corrected chi connectivity index (χ2v) is 3.73. The summed E-state index contributed by atoms with van der Waals surface area (Å²) in [5.41, 5.74) is 0.664. The van der Waals surface area contributed by atoms with E-state index in [0.717, 1.165) is 0 Å². The third-order valence-electron chi connectivity index (χ3n) is 2.72. The third-order valence-corrected chi connectivity index (χ3v) is 2.72. The van der Waals surface area contributed by atoms with Gasteiger partial charge in [-0.15, -0.1) is 0 Å². The Morgan fingerprint density at radius 3 is 2.40 bits per heavy atom. The van der Waals surface area contributed by atoms with Crippen LogP contribution < -0.4 is 4.90 Å². The number of hydrogen-bond acceptors (Lipinski definition) is 1. The van der Waals surface area contributed by atoms with Crippen LogP contribution in [0.1, 0.15) is 12.8 Å². The van der Waals surface area contributed by atoms with Crippen LogP contribution in [0.2, 0.25) is 0 Å². The minimum Gasteiger partial charge on any atom is -0.360 e. The van der Waals surface area contributed by atoms with E-state index in [1.54, 1.807) is 24.3 Å². The van der Waals surface area contributed by atoms with Gasteiger partial charge in [-0.25, -0.2) is 0 Å². The maximum atomic E-state index is 12.7. The molecule has 0 amide bonds. The Balaban J connectivity index is 2.23. The van der Waals surface area contributed by atoms with Crippen molar-refractivity contribution in [3.05, 3.63) is 30.3 Å². The fourth-order valence-corrected chi connectivity index (χ4v) is 2.04. The Morgan fingerprint density at radius 2 is 1.80 bits per heavy atom. The number of anilines is 1. The first-order valence-corrected chi connectivity index (χ1v) is 4.97. The molecule has 0 bridgehead atoms. The summed E-state index contributed by atoms with van der Waals surface area (Å²) in [6.07, 6.45) is -3.30. The van der Waals surface area contributed by atoms with Crippen LogP contribution in [-0.2, 0) is 0 Å². The molecule has 1 aliphatic heterocycles. The van der Waals surface area contributed by atoms with Crippen LogP contribution >= 0.6 is 0 Å². The van der Waals surface area contributed by atoms with Gasteiger partial charge in [-0.2, -0.15) is 13.2 Å². The summed E-state index contributed by atoms with van der Waals surface area (Å²) < 4.78 is 38.0. The molecule has 1 heterocycles. The molecule has 0 radical (unpaired) electrons. The summed E-state index contributed by atoms with van der Waals surface area (Å²) in [7, 11) is 0. The van der Waals surface area contributed by atoms with Gasteiger partial charge < -0.3 is 4.90 Å². The van der Waals surface area contributed by atoms with Crippen molar-refractivity contribution >= 4 is 5.69 Å². The zero-order chi connectivity index (χ0) is 10.9. The van der Waals surface area contributed by atoms with Crippen LogP contribution in [0, 0.1) is 0 Å². The summed E-state index contributed by atoms with van der Waals surface area (Å²) in [5, 5.41) is 0. The van der Waals surface area contributed by atoms with Crippen molar-refractivity contribution < 1.29 is 13.2 Å². The summed E-state index contributed by atoms with van der Waals surface area (Å²) in [4.78, 5) is 1.44. The Labute approximate surface area is 86.5 Å². The maximum Gasteiger partial charge on any atom is 0.408 e. The van der Waals surface area contributed by atoms with E-state index in [2.05, 4.69) is 0 Å². The lowest BCUT2D eigenvalue weighted by Gasteiger charge is -2.28. The Morgan fingerprint density at radius 1 is 1.13 bits per heavy atom. The van der Waals surface area contributed by atoms with Gasteiger partial charge in [-0.3, -0.25) is 0 Å². The number of rotatable bonds is 1. The summed E-state index contributed by atoms with van der Waals surface area (Å²) in [6.45, 7) is 0.494. The minimum absolute atomic E-state index is 0.207. The molecule has 2 rings (SSSR count). The highest BCUT2D eigenvalue weighted by Crippen LogP contribution is 2.35. The van der Waals surface area contributed by atoms with E-state index < -0.39 is 12.2 Å². The number of hydrogen-bond donors (Lipinski definition) is 0. The second kappa shape index (κ2) is 3.76. The van der Waals surface area contributed by atoms with Crippen molar-refractivity contribution in [3.63, 3.8) is 0 Å². The second-order valence-electron chi connectivity index (χ2n) is 3.73. The van der Waals surface area contributed by atoms with Crippen LogP contribution in [0.25, 0.3) is 0 Å². The van der Waals surface area contributed by atoms with Crippen LogP contribution in [0.15, 0.2) is 30.3 Å². The molecule has 0 unspecified atom stereocenters. The van der Waals surface area contributed by atoms with Crippen molar-refractivity contribution in [1.29, 1.82) is 0 Å². The molecule has 15 heavy (non-hydrogen) atoms. The monoisotopic (exact) mass is 215 g/mol. The fourth-order valence-electron chi connectivity index (χ4n) is 2.04. The Hall–Kier alpha value is -1.19. The molecular weight excluding hydrogens is 203 g/mol. The van der Waals surface area contributed by atoms with Crippen LogP contribution in [0.5, 0.6) is 0 Å². The number of alkyl halides is 3. The van der Waals surface area contributed by atoms with Gasteiger partial charge in [-0.05, 0) is 25.0 Å². The molecule has 1 aromatic carbocycles. The van der Waals surface area contributed by atoms with Crippen LogP contribution in [-0.4, -0.2) is 18.8 Å². The topological polar surface area (TPSA) is 3.24 Å². The van der Waals surface area contributed by atoms with Crippen LogP contribution in [0.3, 0.4) is 0 Å². The van der Waals surface area contributed by atoms with E-state index in [1.165, 1.54) is 4.90 Å². The fraction of sp³-hybridized carbons (Fsp3) is 0.455. The van der Waals surface area contributed by atoms with Crippen molar-refractivity contribution in [3.8, 4) is 0 Å². The van der Waals surface area contributed by atoms with Crippen molar-refractivity contribution in [2.75, 3.05) is 11.4 Å². The molecule has 82 valence electrons. The molecule has 0 aromatic heterocycles. The smallest absolute Gasteiger partial charge is 0.360 e. The van der Waals surface area contributed by atoms with Crippen molar-refractivity contribution in [2.24, 2.45) is 0 Å². The summed E-state index contributed by atoms with van der Waals surface area (Å²) in [6, 6.07) is 7.48. The molecule has 0 saturated carbocycles. The first kappa shape index (κ1) is 10.3. The third kappa shape index (κ3) is 2.08. The summed E-state index contributed by atoms with van der Waals surface area (Å²) >= 11 is 0. The van der Waals surface area contributed by atoms with Crippen LogP contribution in [0.4, 0.5) is 18.9 Å². The van der Waals surface area contributed by atoms with Gasteiger partial charge in [-0.1, -0.05) is 18.2 Å². The molecule has 1 nitrogen and oxygen atoms in total. The van der Waals surface area contributed by atoms with Crippen molar-refractivity contribution in [1.82, 2.24) is 0 Å². The SMILES string of the molecule is FC(F)(F)[C@H]1CCCN1c1ccccc1. The first-order valence-electron chi connectivity index (χ1n) is 4.97. The lowest BCUT2D eigenvalue weighted by atomic mass is 10.2. The molecule has 0 aliphatic carbocycles. The van der Waals surface area contributed by atoms with Gasteiger partial charge >= 0.3 is 6.18 Å². The maximum absolute atomic E-state index is 12.7. The predicted molar refractivity (Wildman–Crippen MR) is 52.9 cm³/mol. The minimum atomic E-state index is -4.12. The van der Waals surface area contributed by atoms with Gasteiger partial charge in [0.25, 0.3) is 0 Å². The molecule has 1 saturated heterocycles.